The Hall–Kier alpha value is -1.87. The van der Waals surface area contributed by atoms with Crippen LogP contribution in [0.4, 0.5) is 0 Å². The van der Waals surface area contributed by atoms with Gasteiger partial charge in [-0.05, 0) is 19.1 Å². The van der Waals surface area contributed by atoms with E-state index in [1.807, 2.05) is 25.1 Å². The molecule has 0 radical (unpaired) electrons. The summed E-state index contributed by atoms with van der Waals surface area (Å²) in [5.74, 6) is 5.55. The minimum absolute atomic E-state index is 0.0916. The normalized spacial score (nSPS) is 17.7. The molecule has 1 aliphatic heterocycles. The Kier molecular flexibility index (Phi) is 5.76. The van der Waals surface area contributed by atoms with Crippen molar-refractivity contribution in [1.82, 2.24) is 5.32 Å². The highest BCUT2D eigenvalue weighted by atomic mass is 16.6. The van der Waals surface area contributed by atoms with Crippen LogP contribution in [-0.4, -0.2) is 44.9 Å². The van der Waals surface area contributed by atoms with E-state index in [0.717, 1.165) is 5.56 Å². The molecule has 1 saturated heterocycles. The molecule has 1 aromatic carbocycles. The lowest BCUT2D eigenvalue weighted by molar-refractivity contribution is -0.0855. The molecule has 1 aliphatic rings. The van der Waals surface area contributed by atoms with Crippen molar-refractivity contribution in [3.63, 3.8) is 0 Å². The summed E-state index contributed by atoms with van der Waals surface area (Å²) in [5, 5.41) is 2.87. The van der Waals surface area contributed by atoms with Crippen molar-refractivity contribution in [2.45, 2.75) is 13.0 Å². The molecular weight excluding hydrogens is 268 g/mol. The molecule has 5 heteroatoms. The molecule has 2 rings (SSSR count). The Morgan fingerprint density at radius 1 is 1.48 bits per heavy atom. The number of benzene rings is 1. The average molecular weight is 288 g/mol. The topological polar surface area (TPSA) is 73.6 Å². The van der Waals surface area contributed by atoms with Gasteiger partial charge in [0, 0.05) is 12.1 Å². The van der Waals surface area contributed by atoms with Gasteiger partial charge in [-0.15, -0.1) is 0 Å². The van der Waals surface area contributed by atoms with Gasteiger partial charge in [-0.2, -0.15) is 0 Å². The first kappa shape index (κ1) is 15.5. The Bertz CT molecular complexity index is 554. The first-order valence-corrected chi connectivity index (χ1v) is 6.98. The number of rotatable bonds is 3. The molecule has 5 nitrogen and oxygen atoms in total. The average Bonchev–Trinajstić information content (AvgIpc) is 2.52. The number of hydrogen-bond acceptors (Lipinski definition) is 4. The van der Waals surface area contributed by atoms with Crippen molar-refractivity contribution in [2.75, 3.05) is 32.9 Å². The van der Waals surface area contributed by atoms with Crippen LogP contribution >= 0.6 is 0 Å². The maximum absolute atomic E-state index is 12.3. The first-order chi connectivity index (χ1) is 10.2. The molecule has 21 heavy (non-hydrogen) atoms. The van der Waals surface area contributed by atoms with Gasteiger partial charge in [0.25, 0.3) is 5.91 Å². The summed E-state index contributed by atoms with van der Waals surface area (Å²) in [6.07, 6.45) is -0.0916. The van der Waals surface area contributed by atoms with E-state index in [0.29, 0.717) is 37.5 Å². The number of carbonyl (C=O) groups excluding carboxylic acids is 1. The summed E-state index contributed by atoms with van der Waals surface area (Å²) in [7, 11) is 0. The van der Waals surface area contributed by atoms with Crippen LogP contribution in [0.15, 0.2) is 18.2 Å². The zero-order valence-corrected chi connectivity index (χ0v) is 12.1. The van der Waals surface area contributed by atoms with E-state index in [-0.39, 0.29) is 18.6 Å². The Morgan fingerprint density at radius 2 is 2.33 bits per heavy atom. The van der Waals surface area contributed by atoms with Gasteiger partial charge in [0.05, 0.1) is 38.0 Å². The molecule has 0 aliphatic carbocycles. The third kappa shape index (κ3) is 4.57. The summed E-state index contributed by atoms with van der Waals surface area (Å²) in [6, 6.07) is 5.59. The van der Waals surface area contributed by atoms with Crippen LogP contribution in [0.25, 0.3) is 0 Å². The zero-order chi connectivity index (χ0) is 15.1. The second-order valence-corrected chi connectivity index (χ2v) is 4.83. The lowest BCUT2D eigenvalue weighted by Crippen LogP contribution is -2.39. The Labute approximate surface area is 124 Å². The van der Waals surface area contributed by atoms with E-state index in [2.05, 4.69) is 17.2 Å². The van der Waals surface area contributed by atoms with Crippen molar-refractivity contribution >= 4 is 5.91 Å². The summed E-state index contributed by atoms with van der Waals surface area (Å²) < 4.78 is 10.8. The largest absolute Gasteiger partial charge is 0.376 e. The number of nitrogens with two attached hydrogens (primary N) is 1. The van der Waals surface area contributed by atoms with E-state index < -0.39 is 0 Å². The fourth-order valence-corrected chi connectivity index (χ4v) is 2.06. The van der Waals surface area contributed by atoms with Crippen molar-refractivity contribution < 1.29 is 14.3 Å². The Balaban J connectivity index is 2.04. The van der Waals surface area contributed by atoms with Crippen molar-refractivity contribution in [2.24, 2.45) is 5.73 Å². The quantitative estimate of drug-likeness (QED) is 0.792. The molecule has 1 amide bonds. The third-order valence-electron chi connectivity index (χ3n) is 3.12. The maximum atomic E-state index is 12.3. The summed E-state index contributed by atoms with van der Waals surface area (Å²) in [6.45, 7) is 4.32. The van der Waals surface area contributed by atoms with Crippen LogP contribution in [0.2, 0.25) is 0 Å². The van der Waals surface area contributed by atoms with Crippen LogP contribution in [0.3, 0.4) is 0 Å². The Morgan fingerprint density at radius 3 is 3.05 bits per heavy atom. The molecule has 3 N–H and O–H groups in total. The van der Waals surface area contributed by atoms with E-state index in [1.54, 1.807) is 0 Å². The number of nitrogens with one attached hydrogen (secondary N) is 1. The van der Waals surface area contributed by atoms with Crippen molar-refractivity contribution in [3.8, 4) is 11.8 Å². The molecule has 0 bridgehead atoms. The van der Waals surface area contributed by atoms with Gasteiger partial charge < -0.3 is 20.5 Å². The van der Waals surface area contributed by atoms with E-state index >= 15 is 0 Å². The van der Waals surface area contributed by atoms with Crippen LogP contribution in [0, 0.1) is 18.8 Å². The van der Waals surface area contributed by atoms with Crippen LogP contribution in [0.5, 0.6) is 0 Å². The summed E-state index contributed by atoms with van der Waals surface area (Å²) in [5.41, 5.74) is 7.64. The maximum Gasteiger partial charge on any atom is 0.252 e. The van der Waals surface area contributed by atoms with Gasteiger partial charge in [-0.1, -0.05) is 23.5 Å². The number of hydrogen-bond donors (Lipinski definition) is 2. The highest BCUT2D eigenvalue weighted by molar-refractivity contribution is 5.97. The molecule has 112 valence electrons. The smallest absolute Gasteiger partial charge is 0.252 e. The summed E-state index contributed by atoms with van der Waals surface area (Å²) in [4.78, 5) is 12.3. The minimum Gasteiger partial charge on any atom is -0.376 e. The van der Waals surface area contributed by atoms with E-state index in [9.17, 15) is 4.79 Å². The van der Waals surface area contributed by atoms with Gasteiger partial charge in [-0.25, -0.2) is 0 Å². The van der Waals surface area contributed by atoms with Crippen molar-refractivity contribution in [1.29, 1.82) is 0 Å². The second kappa shape index (κ2) is 7.79. The van der Waals surface area contributed by atoms with Crippen LogP contribution < -0.4 is 11.1 Å². The van der Waals surface area contributed by atoms with Gasteiger partial charge in [-0.3, -0.25) is 4.79 Å². The highest BCUT2D eigenvalue weighted by Crippen LogP contribution is 2.11. The van der Waals surface area contributed by atoms with Gasteiger partial charge in [0.2, 0.25) is 0 Å². The molecule has 0 spiro atoms. The molecule has 1 aromatic rings. The van der Waals surface area contributed by atoms with Crippen molar-refractivity contribution in [3.05, 3.63) is 34.9 Å². The fraction of sp³-hybridized carbons (Fsp3) is 0.438. The highest BCUT2D eigenvalue weighted by Gasteiger charge is 2.17. The third-order valence-corrected chi connectivity index (χ3v) is 3.12. The lowest BCUT2D eigenvalue weighted by atomic mass is 10.0. The first-order valence-electron chi connectivity index (χ1n) is 6.98. The van der Waals surface area contributed by atoms with E-state index in [1.165, 1.54) is 0 Å². The van der Waals surface area contributed by atoms with Gasteiger partial charge in [0.15, 0.2) is 0 Å². The van der Waals surface area contributed by atoms with Crippen LogP contribution in [0.1, 0.15) is 21.5 Å². The molecule has 0 saturated carbocycles. The SMILES string of the molecule is Cc1ccc(C#CCN)c(C(=O)NCC2COCCO2)c1. The van der Waals surface area contributed by atoms with Crippen LogP contribution in [-0.2, 0) is 9.47 Å². The number of ether oxygens (including phenoxy) is 2. The molecule has 1 unspecified atom stereocenters. The zero-order valence-electron chi connectivity index (χ0n) is 12.1. The number of carbonyl (C=O) groups is 1. The molecule has 1 fully saturated rings. The van der Waals surface area contributed by atoms with Gasteiger partial charge in [0.1, 0.15) is 0 Å². The van der Waals surface area contributed by atoms with Gasteiger partial charge >= 0.3 is 0 Å². The molecule has 0 aromatic heterocycles. The lowest BCUT2D eigenvalue weighted by Gasteiger charge is -2.23. The molecular formula is C16H20N2O3. The summed E-state index contributed by atoms with van der Waals surface area (Å²) >= 11 is 0. The molecule has 1 atom stereocenters. The fourth-order valence-electron chi connectivity index (χ4n) is 2.06. The van der Waals surface area contributed by atoms with E-state index in [4.69, 9.17) is 15.2 Å². The predicted octanol–water partition coefficient (Wildman–Crippen LogP) is 0.450. The second-order valence-electron chi connectivity index (χ2n) is 4.83. The monoisotopic (exact) mass is 288 g/mol. The minimum atomic E-state index is -0.158. The standard InChI is InChI=1S/C16H20N2O3/c1-12-4-5-13(3-2-6-17)15(9-12)16(19)18-10-14-11-20-7-8-21-14/h4-5,9,14H,6-8,10-11,17H2,1H3,(H,18,19). The number of aryl methyl sites for hydroxylation is 1. The molecule has 1 heterocycles. The number of amides is 1. The predicted molar refractivity (Wildman–Crippen MR) is 80.0 cm³/mol.